The van der Waals surface area contributed by atoms with Crippen LogP contribution in [0.4, 0.5) is 0 Å². The minimum absolute atomic E-state index is 0.0107. The number of para-hydroxylation sites is 1. The maximum absolute atomic E-state index is 12.7. The van der Waals surface area contributed by atoms with Crippen molar-refractivity contribution >= 4 is 5.91 Å². The summed E-state index contributed by atoms with van der Waals surface area (Å²) in [5.41, 5.74) is 1.25. The highest BCUT2D eigenvalue weighted by molar-refractivity contribution is 5.97. The standard InChI is InChI=1S/C21H22N4O3/c1-28-17-9-5-8-16(19(17)26)21(27)22-15-10-11-18-23-24-20(25(18)13-12-15)14-6-3-2-4-7-14/h2-9,15,26H,10-13H2,1H3,(H,22,27). The minimum Gasteiger partial charge on any atom is -0.504 e. The van der Waals surface area contributed by atoms with Crippen LogP contribution in [0.1, 0.15) is 29.0 Å². The summed E-state index contributed by atoms with van der Waals surface area (Å²) in [5.74, 6) is 1.63. The number of phenols is 1. The lowest BCUT2D eigenvalue weighted by Crippen LogP contribution is -2.35. The number of hydrogen-bond donors (Lipinski definition) is 2. The molecular formula is C21H22N4O3. The number of fused-ring (bicyclic) bond motifs is 1. The second-order valence-corrected chi connectivity index (χ2v) is 6.81. The van der Waals surface area contributed by atoms with Crippen LogP contribution in [-0.2, 0) is 13.0 Å². The highest BCUT2D eigenvalue weighted by Gasteiger charge is 2.23. The molecule has 1 atom stereocenters. The number of aryl methyl sites for hydroxylation is 1. The van der Waals surface area contributed by atoms with E-state index in [1.165, 1.54) is 7.11 Å². The predicted octanol–water partition coefficient (Wildman–Crippen LogP) is 2.79. The highest BCUT2D eigenvalue weighted by Crippen LogP contribution is 2.29. The lowest BCUT2D eigenvalue weighted by molar-refractivity contribution is 0.0929. The first-order chi connectivity index (χ1) is 13.7. The largest absolute Gasteiger partial charge is 0.504 e. The molecule has 2 aromatic carbocycles. The molecule has 0 bridgehead atoms. The average Bonchev–Trinajstić information content (AvgIpc) is 3.03. The van der Waals surface area contributed by atoms with E-state index in [-0.39, 0.29) is 29.0 Å². The Balaban J connectivity index is 1.48. The number of amides is 1. The van der Waals surface area contributed by atoms with Gasteiger partial charge in [0.15, 0.2) is 17.3 Å². The zero-order valence-electron chi connectivity index (χ0n) is 15.6. The van der Waals surface area contributed by atoms with Gasteiger partial charge >= 0.3 is 0 Å². The summed E-state index contributed by atoms with van der Waals surface area (Å²) in [6, 6.07) is 14.9. The normalized spacial score (nSPS) is 16.1. The predicted molar refractivity (Wildman–Crippen MR) is 104 cm³/mol. The van der Waals surface area contributed by atoms with Gasteiger partial charge in [-0.05, 0) is 25.0 Å². The molecule has 0 spiro atoms. The quantitative estimate of drug-likeness (QED) is 0.729. The maximum atomic E-state index is 12.7. The molecule has 1 aliphatic heterocycles. The third-order valence-electron chi connectivity index (χ3n) is 5.08. The summed E-state index contributed by atoms with van der Waals surface area (Å²) < 4.78 is 7.21. The van der Waals surface area contributed by atoms with Crippen LogP contribution < -0.4 is 10.1 Å². The van der Waals surface area contributed by atoms with Gasteiger partial charge in [0.1, 0.15) is 5.82 Å². The van der Waals surface area contributed by atoms with Gasteiger partial charge in [0.05, 0.1) is 12.7 Å². The number of benzene rings is 2. The van der Waals surface area contributed by atoms with Crippen molar-refractivity contribution in [1.82, 2.24) is 20.1 Å². The van der Waals surface area contributed by atoms with Crippen molar-refractivity contribution in [3.63, 3.8) is 0 Å². The Morgan fingerprint density at radius 1 is 1.14 bits per heavy atom. The van der Waals surface area contributed by atoms with Crippen molar-refractivity contribution in [1.29, 1.82) is 0 Å². The molecule has 0 aliphatic carbocycles. The van der Waals surface area contributed by atoms with Crippen molar-refractivity contribution in [2.75, 3.05) is 7.11 Å². The number of aromatic hydroxyl groups is 1. The Morgan fingerprint density at radius 2 is 1.96 bits per heavy atom. The summed E-state index contributed by atoms with van der Waals surface area (Å²) in [7, 11) is 1.46. The zero-order chi connectivity index (χ0) is 19.5. The molecule has 144 valence electrons. The number of carbonyl (C=O) groups excluding carboxylic acids is 1. The fraction of sp³-hybridized carbons (Fsp3) is 0.286. The second kappa shape index (κ2) is 7.72. The van der Waals surface area contributed by atoms with E-state index >= 15 is 0 Å². The topological polar surface area (TPSA) is 89.3 Å². The molecule has 7 heteroatoms. The van der Waals surface area contributed by atoms with Crippen molar-refractivity contribution in [3.8, 4) is 22.9 Å². The molecule has 0 saturated carbocycles. The summed E-state index contributed by atoms with van der Waals surface area (Å²) >= 11 is 0. The van der Waals surface area contributed by atoms with Gasteiger partial charge in [0.2, 0.25) is 0 Å². The van der Waals surface area contributed by atoms with Gasteiger partial charge in [-0.2, -0.15) is 0 Å². The Morgan fingerprint density at radius 3 is 2.75 bits per heavy atom. The number of methoxy groups -OCH3 is 1. The first-order valence-corrected chi connectivity index (χ1v) is 9.31. The number of nitrogens with zero attached hydrogens (tertiary/aromatic N) is 3. The molecule has 2 N–H and O–H groups in total. The number of hydrogen-bond acceptors (Lipinski definition) is 5. The second-order valence-electron chi connectivity index (χ2n) is 6.81. The van der Waals surface area contributed by atoms with Gasteiger partial charge in [-0.25, -0.2) is 0 Å². The van der Waals surface area contributed by atoms with Crippen LogP contribution in [-0.4, -0.2) is 38.9 Å². The number of phenolic OH excluding ortho intramolecular Hbond substituents is 1. The molecule has 0 fully saturated rings. The number of aromatic nitrogens is 3. The number of carbonyl (C=O) groups is 1. The van der Waals surface area contributed by atoms with Gasteiger partial charge in [0, 0.05) is 24.6 Å². The third kappa shape index (κ3) is 3.43. The molecule has 1 aliphatic rings. The van der Waals surface area contributed by atoms with Gasteiger partial charge in [-0.3, -0.25) is 4.79 Å². The number of ether oxygens (including phenoxy) is 1. The Hall–Kier alpha value is -3.35. The molecule has 0 radical (unpaired) electrons. The van der Waals surface area contributed by atoms with Crippen molar-refractivity contribution < 1.29 is 14.6 Å². The van der Waals surface area contributed by atoms with Crippen LogP contribution in [0.15, 0.2) is 48.5 Å². The lowest BCUT2D eigenvalue weighted by Gasteiger charge is -2.17. The lowest BCUT2D eigenvalue weighted by atomic mass is 10.1. The molecule has 28 heavy (non-hydrogen) atoms. The van der Waals surface area contributed by atoms with E-state index in [1.807, 2.05) is 30.3 Å². The average molecular weight is 378 g/mol. The summed E-state index contributed by atoms with van der Waals surface area (Å²) in [6.45, 7) is 0.724. The van der Waals surface area contributed by atoms with Crippen LogP contribution in [0, 0.1) is 0 Å². The fourth-order valence-electron chi connectivity index (χ4n) is 3.57. The van der Waals surface area contributed by atoms with E-state index in [2.05, 4.69) is 20.1 Å². The molecule has 7 nitrogen and oxygen atoms in total. The van der Waals surface area contributed by atoms with E-state index in [1.54, 1.807) is 18.2 Å². The summed E-state index contributed by atoms with van der Waals surface area (Å²) in [4.78, 5) is 12.7. The smallest absolute Gasteiger partial charge is 0.255 e. The number of rotatable bonds is 4. The van der Waals surface area contributed by atoms with Crippen molar-refractivity contribution in [2.24, 2.45) is 0 Å². The van der Waals surface area contributed by atoms with Crippen LogP contribution in [0.2, 0.25) is 0 Å². The molecule has 0 saturated heterocycles. The van der Waals surface area contributed by atoms with Gasteiger partial charge < -0.3 is 19.7 Å². The van der Waals surface area contributed by atoms with E-state index in [0.29, 0.717) is 0 Å². The van der Waals surface area contributed by atoms with E-state index < -0.39 is 0 Å². The van der Waals surface area contributed by atoms with Crippen LogP contribution >= 0.6 is 0 Å². The van der Waals surface area contributed by atoms with Crippen LogP contribution in [0.3, 0.4) is 0 Å². The highest BCUT2D eigenvalue weighted by atomic mass is 16.5. The van der Waals surface area contributed by atoms with Gasteiger partial charge in [-0.15, -0.1) is 10.2 Å². The zero-order valence-corrected chi connectivity index (χ0v) is 15.6. The third-order valence-corrected chi connectivity index (χ3v) is 5.08. The molecular weight excluding hydrogens is 356 g/mol. The van der Waals surface area contributed by atoms with Gasteiger partial charge in [0.25, 0.3) is 5.91 Å². The molecule has 4 rings (SSSR count). The Kier molecular flexibility index (Phi) is 4.97. The molecule has 1 amide bonds. The van der Waals surface area contributed by atoms with Crippen molar-refractivity contribution in [2.45, 2.75) is 31.8 Å². The first-order valence-electron chi connectivity index (χ1n) is 9.31. The maximum Gasteiger partial charge on any atom is 0.255 e. The monoisotopic (exact) mass is 378 g/mol. The fourth-order valence-corrected chi connectivity index (χ4v) is 3.57. The molecule has 3 aromatic rings. The van der Waals surface area contributed by atoms with E-state index in [4.69, 9.17) is 4.74 Å². The van der Waals surface area contributed by atoms with Crippen LogP contribution in [0.5, 0.6) is 11.5 Å². The summed E-state index contributed by atoms with van der Waals surface area (Å²) in [5, 5.41) is 21.9. The summed E-state index contributed by atoms with van der Waals surface area (Å²) in [6.07, 6.45) is 2.26. The first kappa shape index (κ1) is 18.0. The molecule has 1 unspecified atom stereocenters. The van der Waals surface area contributed by atoms with E-state index in [0.717, 1.165) is 43.0 Å². The van der Waals surface area contributed by atoms with Crippen molar-refractivity contribution in [3.05, 3.63) is 59.9 Å². The SMILES string of the molecule is COc1cccc(C(=O)NC2CCc3nnc(-c4ccccc4)n3CC2)c1O. The Labute approximate surface area is 163 Å². The van der Waals surface area contributed by atoms with Crippen LogP contribution in [0.25, 0.3) is 11.4 Å². The minimum atomic E-state index is -0.303. The Bertz CT molecular complexity index is 985. The van der Waals surface area contributed by atoms with Gasteiger partial charge in [-0.1, -0.05) is 36.4 Å². The number of nitrogens with one attached hydrogen (secondary N) is 1. The van der Waals surface area contributed by atoms with E-state index in [9.17, 15) is 9.90 Å². The molecule has 2 heterocycles. The molecule has 1 aromatic heterocycles.